The number of nitrogens with zero attached hydrogens (tertiary/aromatic N) is 2. The molecule has 4 rings (SSSR count). The largest absolute Gasteiger partial charge is 0.352 e. The summed E-state index contributed by atoms with van der Waals surface area (Å²) in [5.41, 5.74) is 1.51. The van der Waals surface area contributed by atoms with Crippen molar-refractivity contribution in [1.29, 1.82) is 0 Å². The van der Waals surface area contributed by atoms with Crippen LogP contribution in [0.15, 0.2) is 48.5 Å². The van der Waals surface area contributed by atoms with Crippen LogP contribution in [0.25, 0.3) is 10.2 Å². The lowest BCUT2D eigenvalue weighted by molar-refractivity contribution is -0.125. The van der Waals surface area contributed by atoms with Gasteiger partial charge in [-0.25, -0.2) is 9.37 Å². The molecular formula is C20H20FN3OS. The molecule has 1 aliphatic heterocycles. The molecule has 0 saturated carbocycles. The second-order valence-electron chi connectivity index (χ2n) is 6.57. The van der Waals surface area contributed by atoms with Gasteiger partial charge in [-0.3, -0.25) is 4.79 Å². The monoisotopic (exact) mass is 369 g/mol. The lowest BCUT2D eigenvalue weighted by Crippen LogP contribution is -2.42. The van der Waals surface area contributed by atoms with E-state index in [1.165, 1.54) is 17.4 Å². The van der Waals surface area contributed by atoms with Crippen molar-refractivity contribution >= 4 is 32.6 Å². The Labute approximate surface area is 155 Å². The maximum absolute atomic E-state index is 13.9. The lowest BCUT2D eigenvalue weighted by Gasteiger charge is -2.31. The number of carbonyl (C=O) groups is 1. The van der Waals surface area contributed by atoms with E-state index in [0.29, 0.717) is 18.6 Å². The van der Waals surface area contributed by atoms with Crippen LogP contribution in [-0.4, -0.2) is 24.0 Å². The highest BCUT2D eigenvalue weighted by Crippen LogP contribution is 2.32. The topological polar surface area (TPSA) is 45.2 Å². The normalized spacial score (nSPS) is 17.4. The van der Waals surface area contributed by atoms with Crippen molar-refractivity contribution in [3.8, 4) is 0 Å². The smallest absolute Gasteiger partial charge is 0.225 e. The Bertz CT molecular complexity index is 912. The summed E-state index contributed by atoms with van der Waals surface area (Å²) in [6.45, 7) is 2.02. The highest BCUT2D eigenvalue weighted by Gasteiger charge is 2.27. The molecule has 1 N–H and O–H groups in total. The van der Waals surface area contributed by atoms with E-state index in [-0.39, 0.29) is 17.6 Å². The number of thiazole rings is 1. The average molecular weight is 369 g/mol. The van der Waals surface area contributed by atoms with E-state index < -0.39 is 0 Å². The summed E-state index contributed by atoms with van der Waals surface area (Å²) in [7, 11) is 0. The second-order valence-corrected chi connectivity index (χ2v) is 7.58. The summed E-state index contributed by atoms with van der Waals surface area (Å²) >= 11 is 1.49. The number of carbonyl (C=O) groups excluding carboxylic acids is 1. The number of fused-ring (bicyclic) bond motifs is 1. The third-order valence-corrected chi connectivity index (χ3v) is 5.81. The predicted octanol–water partition coefficient (Wildman–Crippen LogP) is 3.97. The first kappa shape index (κ1) is 17.0. The number of benzene rings is 2. The molecule has 1 atom stereocenters. The molecule has 1 aromatic heterocycles. The molecule has 26 heavy (non-hydrogen) atoms. The van der Waals surface area contributed by atoms with E-state index in [0.717, 1.165) is 34.8 Å². The van der Waals surface area contributed by atoms with Crippen molar-refractivity contribution in [2.75, 3.05) is 18.0 Å². The Morgan fingerprint density at radius 3 is 2.88 bits per heavy atom. The van der Waals surface area contributed by atoms with Gasteiger partial charge in [0.05, 0.1) is 10.6 Å². The van der Waals surface area contributed by atoms with Gasteiger partial charge in [-0.05, 0) is 30.5 Å². The van der Waals surface area contributed by atoms with E-state index in [1.54, 1.807) is 6.07 Å². The molecule has 0 radical (unpaired) electrons. The average Bonchev–Trinajstić information content (AvgIpc) is 3.13. The van der Waals surface area contributed by atoms with Crippen molar-refractivity contribution in [2.24, 2.45) is 5.92 Å². The quantitative estimate of drug-likeness (QED) is 0.757. The van der Waals surface area contributed by atoms with E-state index >= 15 is 0 Å². The number of hydrogen-bond donors (Lipinski definition) is 1. The van der Waals surface area contributed by atoms with E-state index in [2.05, 4.69) is 15.2 Å². The van der Waals surface area contributed by atoms with Gasteiger partial charge in [0.2, 0.25) is 5.91 Å². The van der Waals surface area contributed by atoms with Crippen LogP contribution in [0.3, 0.4) is 0 Å². The van der Waals surface area contributed by atoms with Crippen LogP contribution in [0.2, 0.25) is 0 Å². The molecule has 1 saturated heterocycles. The first-order valence-electron chi connectivity index (χ1n) is 8.82. The van der Waals surface area contributed by atoms with Crippen LogP contribution >= 0.6 is 11.3 Å². The van der Waals surface area contributed by atoms with Crippen molar-refractivity contribution in [1.82, 2.24) is 10.3 Å². The minimum Gasteiger partial charge on any atom is -0.352 e. The van der Waals surface area contributed by atoms with Gasteiger partial charge in [0.25, 0.3) is 0 Å². The first-order valence-corrected chi connectivity index (χ1v) is 9.64. The maximum atomic E-state index is 13.9. The summed E-state index contributed by atoms with van der Waals surface area (Å²) in [4.78, 5) is 19.1. The van der Waals surface area contributed by atoms with Crippen LogP contribution in [0, 0.1) is 11.7 Å². The van der Waals surface area contributed by atoms with Gasteiger partial charge in [-0.1, -0.05) is 47.7 Å². The number of rotatable bonds is 4. The minimum atomic E-state index is -0.292. The van der Waals surface area contributed by atoms with Crippen LogP contribution in [0.1, 0.15) is 18.4 Å². The van der Waals surface area contributed by atoms with Crippen molar-refractivity contribution in [2.45, 2.75) is 19.4 Å². The Morgan fingerprint density at radius 1 is 1.23 bits per heavy atom. The number of aromatic nitrogens is 1. The Kier molecular flexibility index (Phi) is 4.84. The molecule has 1 unspecified atom stereocenters. The van der Waals surface area contributed by atoms with Gasteiger partial charge in [0, 0.05) is 19.6 Å². The third-order valence-electron chi connectivity index (χ3n) is 4.73. The zero-order chi connectivity index (χ0) is 17.9. The molecule has 1 aliphatic rings. The van der Waals surface area contributed by atoms with Gasteiger partial charge in [-0.15, -0.1) is 0 Å². The van der Waals surface area contributed by atoms with Crippen LogP contribution < -0.4 is 10.2 Å². The number of piperidine rings is 1. The summed E-state index contributed by atoms with van der Waals surface area (Å²) in [6, 6.07) is 14.9. The zero-order valence-electron chi connectivity index (χ0n) is 14.3. The standard InChI is InChI=1S/C20H20FN3OS/c21-16-9-4-10-17-18(16)23-20(26-17)24-11-5-8-15(13-24)19(25)22-12-14-6-2-1-3-7-14/h1-4,6-7,9-10,15H,5,8,11-13H2,(H,22,25). The number of hydrogen-bond acceptors (Lipinski definition) is 4. The molecule has 0 spiro atoms. The van der Waals surface area contributed by atoms with Crippen LogP contribution in [-0.2, 0) is 11.3 Å². The summed E-state index contributed by atoms with van der Waals surface area (Å²) < 4.78 is 14.7. The molecule has 1 amide bonds. The number of halogens is 1. The van der Waals surface area contributed by atoms with Gasteiger partial charge in [0.15, 0.2) is 5.13 Å². The van der Waals surface area contributed by atoms with Gasteiger partial charge >= 0.3 is 0 Å². The molecule has 1 fully saturated rings. The fourth-order valence-electron chi connectivity index (χ4n) is 3.33. The predicted molar refractivity (Wildman–Crippen MR) is 103 cm³/mol. The van der Waals surface area contributed by atoms with Gasteiger partial charge in [-0.2, -0.15) is 0 Å². The molecule has 134 valence electrons. The SMILES string of the molecule is O=C(NCc1ccccc1)C1CCCN(c2nc3c(F)cccc3s2)C1. The van der Waals surface area contributed by atoms with E-state index in [4.69, 9.17) is 0 Å². The van der Waals surface area contributed by atoms with Gasteiger partial charge in [0.1, 0.15) is 11.3 Å². The Hall–Kier alpha value is -2.47. The molecule has 0 bridgehead atoms. The van der Waals surface area contributed by atoms with E-state index in [1.807, 2.05) is 36.4 Å². The Morgan fingerprint density at radius 2 is 2.08 bits per heavy atom. The fraction of sp³-hybridized carbons (Fsp3) is 0.300. The van der Waals surface area contributed by atoms with Crippen LogP contribution in [0.5, 0.6) is 0 Å². The number of amides is 1. The number of para-hydroxylation sites is 1. The zero-order valence-corrected chi connectivity index (χ0v) is 15.1. The van der Waals surface area contributed by atoms with E-state index in [9.17, 15) is 9.18 Å². The molecule has 6 heteroatoms. The molecule has 4 nitrogen and oxygen atoms in total. The number of nitrogens with one attached hydrogen (secondary N) is 1. The van der Waals surface area contributed by atoms with Crippen molar-refractivity contribution in [3.05, 3.63) is 59.9 Å². The first-order chi connectivity index (χ1) is 12.7. The number of anilines is 1. The van der Waals surface area contributed by atoms with Crippen LogP contribution in [0.4, 0.5) is 9.52 Å². The molecule has 3 aromatic rings. The Balaban J connectivity index is 1.43. The third kappa shape index (κ3) is 3.55. The molecule has 2 aromatic carbocycles. The fourth-order valence-corrected chi connectivity index (χ4v) is 4.35. The van der Waals surface area contributed by atoms with Crippen molar-refractivity contribution < 1.29 is 9.18 Å². The highest BCUT2D eigenvalue weighted by molar-refractivity contribution is 7.22. The maximum Gasteiger partial charge on any atom is 0.225 e. The minimum absolute atomic E-state index is 0.0654. The summed E-state index contributed by atoms with van der Waals surface area (Å²) in [5.74, 6) is -0.283. The lowest BCUT2D eigenvalue weighted by atomic mass is 9.97. The second kappa shape index (κ2) is 7.41. The van der Waals surface area contributed by atoms with Crippen molar-refractivity contribution in [3.63, 3.8) is 0 Å². The highest BCUT2D eigenvalue weighted by atomic mass is 32.1. The molecule has 2 heterocycles. The van der Waals surface area contributed by atoms with Gasteiger partial charge < -0.3 is 10.2 Å². The molecular weight excluding hydrogens is 349 g/mol. The summed E-state index contributed by atoms with van der Waals surface area (Å²) in [5, 5.41) is 3.83. The molecule has 0 aliphatic carbocycles. The summed E-state index contributed by atoms with van der Waals surface area (Å²) in [6.07, 6.45) is 1.80.